The molecule has 2 amide bonds. The Kier molecular flexibility index (Phi) is 9.33. The summed E-state index contributed by atoms with van der Waals surface area (Å²) >= 11 is 1.35. The molecule has 4 aromatic rings. The van der Waals surface area contributed by atoms with Crippen molar-refractivity contribution < 1.29 is 18.0 Å². The number of sulfonamides is 1. The summed E-state index contributed by atoms with van der Waals surface area (Å²) < 4.78 is 28.8. The zero-order valence-electron chi connectivity index (χ0n) is 23.7. The number of thioether (sulfide) groups is 1. The first kappa shape index (κ1) is 30.8. The molecular formula is C32H32N6O4S2. The highest BCUT2D eigenvalue weighted by molar-refractivity contribution is 7.99. The number of nitrogens with zero attached hydrogens (tertiary/aromatic N) is 1. The molecule has 1 atom stereocenters. The van der Waals surface area contributed by atoms with E-state index in [9.17, 15) is 18.0 Å². The lowest BCUT2D eigenvalue weighted by Crippen LogP contribution is -2.51. The van der Waals surface area contributed by atoms with E-state index < -0.39 is 27.9 Å². The molecule has 0 saturated carbocycles. The summed E-state index contributed by atoms with van der Waals surface area (Å²) in [6, 6.07) is 27.5. The molecule has 1 heterocycles. The number of rotatable bonds is 10. The third-order valence-electron chi connectivity index (χ3n) is 7.02. The summed E-state index contributed by atoms with van der Waals surface area (Å²) in [4.78, 5) is 29.3. The van der Waals surface area contributed by atoms with Crippen LogP contribution in [0.2, 0.25) is 0 Å². The second-order valence-electron chi connectivity index (χ2n) is 10.3. The molecule has 226 valence electrons. The Morgan fingerprint density at radius 1 is 0.932 bits per heavy atom. The molecule has 0 radical (unpaired) electrons. The molecule has 10 nitrogen and oxygen atoms in total. The highest BCUT2D eigenvalue weighted by Gasteiger charge is 2.35. The molecule has 12 heteroatoms. The minimum absolute atomic E-state index is 0.0525. The fourth-order valence-corrected chi connectivity index (χ4v) is 7.29. The van der Waals surface area contributed by atoms with Crippen molar-refractivity contribution in [3.05, 3.63) is 114 Å². The summed E-state index contributed by atoms with van der Waals surface area (Å²) in [7, 11) is -3.88. The minimum Gasteiger partial charge on any atom is -0.399 e. The van der Waals surface area contributed by atoms with Crippen molar-refractivity contribution in [2.75, 3.05) is 22.9 Å². The average Bonchev–Trinajstić information content (AvgIpc) is 3.12. The zero-order chi connectivity index (χ0) is 31.3. The summed E-state index contributed by atoms with van der Waals surface area (Å²) in [6.45, 7) is -0.133. The van der Waals surface area contributed by atoms with Crippen molar-refractivity contribution in [2.45, 2.75) is 23.2 Å². The normalized spacial score (nSPS) is 14.9. The van der Waals surface area contributed by atoms with Gasteiger partial charge in [-0.1, -0.05) is 72.8 Å². The van der Waals surface area contributed by atoms with Gasteiger partial charge in [-0.15, -0.1) is 11.8 Å². The molecule has 0 unspecified atom stereocenters. The average molecular weight is 629 g/mol. The second kappa shape index (κ2) is 13.3. The molecule has 0 fully saturated rings. The Labute approximate surface area is 260 Å². The van der Waals surface area contributed by atoms with Gasteiger partial charge in [0.15, 0.2) is 0 Å². The van der Waals surface area contributed by atoms with Gasteiger partial charge in [0.2, 0.25) is 21.8 Å². The SMILES string of the molecule is N=C(N)c1ccc(CNC(=O)CN2C(=O)[C@H](NS(=O)(=O)Cc3ccccc3)CSc3ccc(-c4cccc(N)c4)cc32)cc1. The lowest BCUT2D eigenvalue weighted by molar-refractivity contribution is -0.124. The topological polar surface area (TPSA) is 171 Å². The van der Waals surface area contributed by atoms with Gasteiger partial charge in [0.25, 0.3) is 0 Å². The van der Waals surface area contributed by atoms with Gasteiger partial charge >= 0.3 is 0 Å². The van der Waals surface area contributed by atoms with E-state index in [-0.39, 0.29) is 30.4 Å². The zero-order valence-corrected chi connectivity index (χ0v) is 25.3. The number of nitrogens with one attached hydrogen (secondary N) is 3. The lowest BCUT2D eigenvalue weighted by Gasteiger charge is -2.26. The quantitative estimate of drug-likeness (QED) is 0.102. The minimum atomic E-state index is -3.88. The Morgan fingerprint density at radius 2 is 1.66 bits per heavy atom. The van der Waals surface area contributed by atoms with Gasteiger partial charge in [0.1, 0.15) is 18.4 Å². The van der Waals surface area contributed by atoms with E-state index in [0.717, 1.165) is 21.6 Å². The first-order valence-corrected chi connectivity index (χ1v) is 16.4. The van der Waals surface area contributed by atoms with Crippen LogP contribution in [0.1, 0.15) is 16.7 Å². The van der Waals surface area contributed by atoms with Crippen molar-refractivity contribution in [1.29, 1.82) is 5.41 Å². The predicted molar refractivity (Wildman–Crippen MR) is 175 cm³/mol. The van der Waals surface area contributed by atoms with Crippen molar-refractivity contribution in [2.24, 2.45) is 5.73 Å². The Balaban J connectivity index is 1.41. The second-order valence-corrected chi connectivity index (χ2v) is 13.2. The number of nitrogen functional groups attached to an aromatic ring is 2. The molecule has 1 aliphatic rings. The monoisotopic (exact) mass is 628 g/mol. The van der Waals surface area contributed by atoms with Crippen LogP contribution in [0.5, 0.6) is 0 Å². The van der Waals surface area contributed by atoms with Gasteiger partial charge in [-0.3, -0.25) is 15.0 Å². The van der Waals surface area contributed by atoms with Crippen molar-refractivity contribution in [1.82, 2.24) is 10.0 Å². The molecule has 7 N–H and O–H groups in total. The van der Waals surface area contributed by atoms with E-state index in [2.05, 4.69) is 10.0 Å². The number of carbonyl (C=O) groups is 2. The molecule has 0 aliphatic carbocycles. The number of hydrogen-bond donors (Lipinski definition) is 5. The Morgan fingerprint density at radius 3 is 2.36 bits per heavy atom. The first-order chi connectivity index (χ1) is 21.1. The van der Waals surface area contributed by atoms with E-state index in [4.69, 9.17) is 16.9 Å². The van der Waals surface area contributed by atoms with Crippen molar-refractivity contribution >= 4 is 50.8 Å². The highest BCUT2D eigenvalue weighted by Crippen LogP contribution is 2.38. The standard InChI is InChI=1S/C32H32N6O4S2/c33-26-8-4-7-24(15-26)25-13-14-29-28(16-25)38(18-30(39)36-17-21-9-11-23(12-10-21)31(34)35)32(40)27(19-43-29)37-44(41,42)20-22-5-2-1-3-6-22/h1-16,27,37H,17-20,33H2,(H3,34,35)(H,36,39)/t27-/m1/s1. The molecule has 4 aromatic carbocycles. The van der Waals surface area contributed by atoms with Crippen molar-refractivity contribution in [3.8, 4) is 11.1 Å². The largest absolute Gasteiger partial charge is 0.399 e. The summed E-state index contributed by atoms with van der Waals surface area (Å²) in [5.74, 6) is -1.13. The number of benzene rings is 4. The summed E-state index contributed by atoms with van der Waals surface area (Å²) in [5.41, 5.74) is 16.2. The molecule has 5 rings (SSSR count). The van der Waals surface area contributed by atoms with Crippen LogP contribution in [0.25, 0.3) is 11.1 Å². The molecular weight excluding hydrogens is 597 g/mol. The van der Waals surface area contributed by atoms with E-state index in [0.29, 0.717) is 22.5 Å². The van der Waals surface area contributed by atoms with Crippen LogP contribution >= 0.6 is 11.8 Å². The van der Waals surface area contributed by atoms with Gasteiger partial charge in [0.05, 0.1) is 11.4 Å². The summed E-state index contributed by atoms with van der Waals surface area (Å²) in [5, 5.41) is 10.4. The number of hydrogen-bond acceptors (Lipinski definition) is 7. The lowest BCUT2D eigenvalue weighted by atomic mass is 10.0. The molecule has 0 bridgehead atoms. The number of nitrogens with two attached hydrogens (primary N) is 2. The van der Waals surface area contributed by atoms with E-state index in [1.165, 1.54) is 16.7 Å². The van der Waals surface area contributed by atoms with Gasteiger partial charge in [-0.25, -0.2) is 13.1 Å². The smallest absolute Gasteiger partial charge is 0.246 e. The van der Waals surface area contributed by atoms with E-state index in [1.54, 1.807) is 60.7 Å². The van der Waals surface area contributed by atoms with Gasteiger partial charge in [-0.2, -0.15) is 0 Å². The fourth-order valence-electron chi connectivity index (χ4n) is 4.80. The van der Waals surface area contributed by atoms with Crippen LogP contribution in [0.4, 0.5) is 11.4 Å². The maximum absolute atomic E-state index is 14.0. The Hall–Kier alpha value is -4.65. The first-order valence-electron chi connectivity index (χ1n) is 13.8. The number of anilines is 2. The third-order valence-corrected chi connectivity index (χ3v) is 9.53. The van der Waals surface area contributed by atoms with Gasteiger partial charge in [-0.05, 0) is 46.5 Å². The highest BCUT2D eigenvalue weighted by atomic mass is 32.2. The van der Waals surface area contributed by atoms with E-state index in [1.807, 2.05) is 36.4 Å². The van der Waals surface area contributed by atoms with Crippen LogP contribution in [0, 0.1) is 5.41 Å². The predicted octanol–water partition coefficient (Wildman–Crippen LogP) is 3.46. The molecule has 1 aliphatic heterocycles. The fraction of sp³-hybridized carbons (Fsp3) is 0.156. The number of amides is 2. The number of amidine groups is 1. The van der Waals surface area contributed by atoms with E-state index >= 15 is 0 Å². The number of carbonyl (C=O) groups excluding carboxylic acids is 2. The molecule has 0 aromatic heterocycles. The molecule has 0 spiro atoms. The van der Waals surface area contributed by atoms with Gasteiger partial charge < -0.3 is 21.7 Å². The third kappa shape index (κ3) is 7.64. The molecule has 44 heavy (non-hydrogen) atoms. The van der Waals surface area contributed by atoms with Crippen LogP contribution in [0.3, 0.4) is 0 Å². The van der Waals surface area contributed by atoms with Crippen LogP contribution < -0.4 is 26.4 Å². The van der Waals surface area contributed by atoms with Crippen LogP contribution in [-0.2, 0) is 31.9 Å². The van der Waals surface area contributed by atoms with Gasteiger partial charge in [0, 0.05) is 28.4 Å². The van der Waals surface area contributed by atoms with Crippen molar-refractivity contribution in [3.63, 3.8) is 0 Å². The number of fused-ring (bicyclic) bond motifs is 1. The maximum atomic E-state index is 14.0. The maximum Gasteiger partial charge on any atom is 0.246 e. The summed E-state index contributed by atoms with van der Waals surface area (Å²) in [6.07, 6.45) is 0. The van der Waals surface area contributed by atoms with Crippen LogP contribution in [-0.4, -0.2) is 44.4 Å². The van der Waals surface area contributed by atoms with Crippen LogP contribution in [0.15, 0.2) is 102 Å². The Bertz CT molecular complexity index is 1800. The molecule has 0 saturated heterocycles.